The Labute approximate surface area is 98.8 Å². The van der Waals surface area contributed by atoms with Crippen LogP contribution >= 0.6 is 0 Å². The first-order valence-corrected chi connectivity index (χ1v) is 5.41. The summed E-state index contributed by atoms with van der Waals surface area (Å²) in [6.45, 7) is 1.56. The Morgan fingerprint density at radius 2 is 2.12 bits per heavy atom. The van der Waals surface area contributed by atoms with Gasteiger partial charge in [-0.15, -0.1) is 0 Å². The van der Waals surface area contributed by atoms with Gasteiger partial charge in [-0.2, -0.15) is 0 Å². The average Bonchev–Trinajstić information content (AvgIpc) is 2.67. The molecule has 1 aromatic rings. The summed E-state index contributed by atoms with van der Waals surface area (Å²) in [6.07, 6.45) is 0.337. The van der Waals surface area contributed by atoms with Crippen molar-refractivity contribution in [2.45, 2.75) is 25.4 Å². The van der Waals surface area contributed by atoms with Gasteiger partial charge < -0.3 is 10.8 Å². The number of aliphatic carboxylic acids is 1. The number of nitrogens with zero attached hydrogens (tertiary/aromatic N) is 1. The maximum Gasteiger partial charge on any atom is 0.327 e. The second-order valence-electron chi connectivity index (χ2n) is 4.18. The summed E-state index contributed by atoms with van der Waals surface area (Å²) in [5.74, 6) is -1.36. The summed E-state index contributed by atoms with van der Waals surface area (Å²) in [7, 11) is 0. The second-order valence-corrected chi connectivity index (χ2v) is 4.18. The van der Waals surface area contributed by atoms with E-state index in [1.54, 1.807) is 19.1 Å². The Hall–Kier alpha value is -1.88. The summed E-state index contributed by atoms with van der Waals surface area (Å²) in [6, 6.07) is 5.65. The molecule has 0 aliphatic carbocycles. The summed E-state index contributed by atoms with van der Waals surface area (Å²) in [5, 5.41) is 9.15. The number of nitrogens with two attached hydrogens (primary N) is 1. The molecule has 1 aromatic carbocycles. The number of para-hydroxylation sites is 1. The lowest BCUT2D eigenvalue weighted by Crippen LogP contribution is -2.49. The number of carbonyl (C=O) groups is 2. The fourth-order valence-corrected chi connectivity index (χ4v) is 2.08. The van der Waals surface area contributed by atoms with E-state index < -0.39 is 18.1 Å². The Kier molecular flexibility index (Phi) is 2.85. The zero-order valence-corrected chi connectivity index (χ0v) is 9.46. The molecule has 0 bridgehead atoms. The van der Waals surface area contributed by atoms with Crippen LogP contribution in [0.3, 0.4) is 0 Å². The van der Waals surface area contributed by atoms with Gasteiger partial charge in [0.1, 0.15) is 6.04 Å². The number of benzene rings is 1. The summed E-state index contributed by atoms with van der Waals surface area (Å²) in [4.78, 5) is 24.4. The number of carboxylic acids is 1. The first-order chi connectivity index (χ1) is 8.02. The molecule has 0 spiro atoms. The fourth-order valence-electron chi connectivity index (χ4n) is 2.08. The summed E-state index contributed by atoms with van der Waals surface area (Å²) in [5.41, 5.74) is 7.08. The molecule has 0 radical (unpaired) electrons. The van der Waals surface area contributed by atoms with Gasteiger partial charge in [0.25, 0.3) is 0 Å². The van der Waals surface area contributed by atoms with Gasteiger partial charge in [0.2, 0.25) is 5.91 Å². The van der Waals surface area contributed by atoms with Crippen LogP contribution in [0.2, 0.25) is 0 Å². The molecule has 1 aliphatic heterocycles. The molecule has 2 rings (SSSR count). The van der Waals surface area contributed by atoms with Gasteiger partial charge in [-0.05, 0) is 18.6 Å². The van der Waals surface area contributed by atoms with E-state index in [4.69, 9.17) is 10.8 Å². The van der Waals surface area contributed by atoms with Crippen molar-refractivity contribution in [3.8, 4) is 0 Å². The molecule has 2 atom stereocenters. The third-order valence-corrected chi connectivity index (χ3v) is 2.89. The van der Waals surface area contributed by atoms with Crippen molar-refractivity contribution < 1.29 is 14.7 Å². The highest BCUT2D eigenvalue weighted by Gasteiger charge is 2.38. The van der Waals surface area contributed by atoms with E-state index in [-0.39, 0.29) is 5.91 Å². The third-order valence-electron chi connectivity index (χ3n) is 2.89. The number of amides is 1. The molecule has 1 aliphatic rings. The highest BCUT2D eigenvalue weighted by molar-refractivity contribution is 6.04. The van der Waals surface area contributed by atoms with Gasteiger partial charge in [-0.25, -0.2) is 4.79 Å². The highest BCUT2D eigenvalue weighted by atomic mass is 16.4. The third kappa shape index (κ3) is 1.89. The van der Waals surface area contributed by atoms with Gasteiger partial charge in [0, 0.05) is 12.1 Å². The lowest BCUT2D eigenvalue weighted by Gasteiger charge is -2.24. The van der Waals surface area contributed by atoms with Crippen molar-refractivity contribution in [3.63, 3.8) is 0 Å². The monoisotopic (exact) mass is 234 g/mol. The molecule has 0 aromatic heterocycles. The minimum absolute atomic E-state index is 0.337. The van der Waals surface area contributed by atoms with Gasteiger partial charge in [0.05, 0.1) is 6.04 Å². The first-order valence-electron chi connectivity index (χ1n) is 5.41. The van der Waals surface area contributed by atoms with Crippen LogP contribution in [0.15, 0.2) is 24.3 Å². The van der Waals surface area contributed by atoms with Crippen molar-refractivity contribution in [1.29, 1.82) is 0 Å². The molecule has 0 saturated carbocycles. The number of hydrogen-bond acceptors (Lipinski definition) is 3. The summed E-state index contributed by atoms with van der Waals surface area (Å²) < 4.78 is 0. The maximum absolute atomic E-state index is 12.0. The van der Waals surface area contributed by atoms with E-state index in [1.165, 1.54) is 4.90 Å². The molecule has 90 valence electrons. The zero-order valence-electron chi connectivity index (χ0n) is 9.46. The van der Waals surface area contributed by atoms with Crippen LogP contribution in [-0.2, 0) is 16.0 Å². The average molecular weight is 234 g/mol. The van der Waals surface area contributed by atoms with E-state index in [0.717, 1.165) is 5.56 Å². The Bertz CT molecular complexity index is 471. The van der Waals surface area contributed by atoms with Crippen molar-refractivity contribution >= 4 is 17.6 Å². The SMILES string of the molecule is C[C@H](N)C(=O)N1c2ccccc2CC1C(=O)O. The molecule has 5 nitrogen and oxygen atoms in total. The van der Waals surface area contributed by atoms with Crippen LogP contribution in [0.5, 0.6) is 0 Å². The van der Waals surface area contributed by atoms with Gasteiger partial charge >= 0.3 is 5.97 Å². The molecule has 17 heavy (non-hydrogen) atoms. The lowest BCUT2D eigenvalue weighted by atomic mass is 10.1. The minimum atomic E-state index is -1.00. The van der Waals surface area contributed by atoms with Crippen LogP contribution in [-0.4, -0.2) is 29.1 Å². The number of hydrogen-bond donors (Lipinski definition) is 2. The van der Waals surface area contributed by atoms with E-state index in [9.17, 15) is 9.59 Å². The Morgan fingerprint density at radius 3 is 2.71 bits per heavy atom. The number of carbonyl (C=O) groups excluding carboxylic acids is 1. The van der Waals surface area contributed by atoms with Crippen LogP contribution in [0.1, 0.15) is 12.5 Å². The van der Waals surface area contributed by atoms with Crippen LogP contribution in [0.4, 0.5) is 5.69 Å². The Morgan fingerprint density at radius 1 is 1.47 bits per heavy atom. The van der Waals surface area contributed by atoms with Crippen LogP contribution < -0.4 is 10.6 Å². The van der Waals surface area contributed by atoms with E-state index in [0.29, 0.717) is 12.1 Å². The number of rotatable bonds is 2. The molecular weight excluding hydrogens is 220 g/mol. The smallest absolute Gasteiger partial charge is 0.327 e. The molecule has 1 amide bonds. The molecule has 5 heteroatoms. The Balaban J connectivity index is 2.44. The number of fused-ring (bicyclic) bond motifs is 1. The first kappa shape index (κ1) is 11.6. The maximum atomic E-state index is 12.0. The van der Waals surface area contributed by atoms with Crippen LogP contribution in [0, 0.1) is 0 Å². The normalized spacial score (nSPS) is 19.9. The van der Waals surface area contributed by atoms with E-state index in [2.05, 4.69) is 0 Å². The number of anilines is 1. The minimum Gasteiger partial charge on any atom is -0.480 e. The number of carboxylic acid groups (broad SMARTS) is 1. The zero-order chi connectivity index (χ0) is 12.6. The second kappa shape index (κ2) is 4.18. The topological polar surface area (TPSA) is 83.6 Å². The molecule has 1 heterocycles. The predicted molar refractivity (Wildman–Crippen MR) is 62.7 cm³/mol. The fraction of sp³-hybridized carbons (Fsp3) is 0.333. The van der Waals surface area contributed by atoms with Gasteiger partial charge in [-0.3, -0.25) is 9.69 Å². The predicted octanol–water partition coefficient (Wildman–Crippen LogP) is 0.376. The standard InChI is InChI=1S/C12H14N2O3/c1-7(13)11(15)14-9-5-3-2-4-8(9)6-10(14)12(16)17/h2-5,7,10H,6,13H2,1H3,(H,16,17)/t7-,10?/m0/s1. The van der Waals surface area contributed by atoms with Crippen LogP contribution in [0.25, 0.3) is 0 Å². The van der Waals surface area contributed by atoms with E-state index >= 15 is 0 Å². The molecule has 0 saturated heterocycles. The molecule has 3 N–H and O–H groups in total. The molecule has 0 fully saturated rings. The summed E-state index contributed by atoms with van der Waals surface area (Å²) >= 11 is 0. The van der Waals surface area contributed by atoms with E-state index in [1.807, 2.05) is 12.1 Å². The van der Waals surface area contributed by atoms with Crippen molar-refractivity contribution in [3.05, 3.63) is 29.8 Å². The largest absolute Gasteiger partial charge is 0.480 e. The lowest BCUT2D eigenvalue weighted by molar-refractivity contribution is -0.140. The van der Waals surface area contributed by atoms with Gasteiger partial charge in [-0.1, -0.05) is 18.2 Å². The van der Waals surface area contributed by atoms with Crippen molar-refractivity contribution in [2.75, 3.05) is 4.90 Å². The van der Waals surface area contributed by atoms with Crippen molar-refractivity contribution in [1.82, 2.24) is 0 Å². The van der Waals surface area contributed by atoms with Gasteiger partial charge in [0.15, 0.2) is 0 Å². The molecule has 1 unspecified atom stereocenters. The molecular formula is C12H14N2O3. The van der Waals surface area contributed by atoms with Crippen molar-refractivity contribution in [2.24, 2.45) is 5.73 Å². The highest BCUT2D eigenvalue weighted by Crippen LogP contribution is 2.32. The quantitative estimate of drug-likeness (QED) is 0.774.